The quantitative estimate of drug-likeness (QED) is 0.169. The first kappa shape index (κ1) is 48.5. The monoisotopic (exact) mass is 996 g/mol. The highest BCUT2D eigenvalue weighted by Gasteiger charge is 2.45. The second-order valence-electron chi connectivity index (χ2n) is 21.0. The number of likely N-dealkylation sites (tertiary alicyclic amines) is 2. The number of fused-ring (bicyclic) bond motifs is 2. The maximum Gasteiger partial charge on any atom is 0.319 e. The Morgan fingerprint density at radius 2 is 1.36 bits per heavy atom. The normalized spacial score (nSPS) is 22.2. The van der Waals surface area contributed by atoms with Gasteiger partial charge in [-0.05, 0) is 101 Å². The fourth-order valence-electron chi connectivity index (χ4n) is 12.6. The third-order valence-electron chi connectivity index (χ3n) is 16.7. The Labute approximate surface area is 424 Å². The standard InChI is InChI=1S/C53H65N13O7/c1-33-42-31-55-52(58-47(42)65(37-5-3-4-6-37)51(72)46(33)34(2)67)56-44-11-8-39(30-54-44)62-23-21-59(22-24-62)32-35-13-17-63(18-14-35)53(73)64-19-15-36(16-20-64)60-25-27-61(28-26-60)38-7-9-40-41(29-38)50(71)66(49(40)70)43-10-12-45(68)57-48(43)69/h7-9,11,29-31,35-37,43H,3-6,10,12-28,32H2,1-2H3,(H,57,68,69)(H,54,55,56,58). The zero-order valence-corrected chi connectivity index (χ0v) is 41.9. The lowest BCUT2D eigenvalue weighted by molar-refractivity contribution is -0.136. The molecule has 73 heavy (non-hydrogen) atoms. The van der Waals surface area contributed by atoms with Crippen LogP contribution < -0.4 is 26.0 Å². The van der Waals surface area contributed by atoms with Gasteiger partial charge in [-0.3, -0.25) is 53.4 Å². The van der Waals surface area contributed by atoms with Gasteiger partial charge in [0.05, 0.1) is 28.6 Å². The molecule has 4 aromatic rings. The summed E-state index contributed by atoms with van der Waals surface area (Å²) < 4.78 is 1.72. The van der Waals surface area contributed by atoms with Gasteiger partial charge in [-0.25, -0.2) is 14.8 Å². The van der Waals surface area contributed by atoms with E-state index in [-0.39, 0.29) is 47.4 Å². The van der Waals surface area contributed by atoms with Crippen LogP contribution in [-0.2, 0) is 9.59 Å². The van der Waals surface area contributed by atoms with Gasteiger partial charge in [0.25, 0.3) is 17.4 Å². The molecule has 384 valence electrons. The minimum atomic E-state index is -0.984. The molecule has 1 unspecified atom stereocenters. The summed E-state index contributed by atoms with van der Waals surface area (Å²) in [6, 6.07) is 8.91. The number of nitrogens with one attached hydrogen (secondary N) is 2. The summed E-state index contributed by atoms with van der Waals surface area (Å²) in [6.45, 7) is 14.4. The smallest absolute Gasteiger partial charge is 0.319 e. The van der Waals surface area contributed by atoms with Crippen LogP contribution in [0.2, 0.25) is 0 Å². The Morgan fingerprint density at radius 3 is 2.03 bits per heavy atom. The van der Waals surface area contributed by atoms with Crippen molar-refractivity contribution in [2.45, 2.75) is 96.2 Å². The van der Waals surface area contributed by atoms with Crippen LogP contribution in [0, 0.1) is 12.8 Å². The Balaban J connectivity index is 0.600. The average molecular weight is 996 g/mol. The zero-order chi connectivity index (χ0) is 50.5. The maximum atomic E-state index is 13.7. The number of hydrogen-bond acceptors (Lipinski definition) is 15. The number of Topliss-reactive ketones (excluding diaryl/α,β-unsaturated/α-hetero) is 1. The van der Waals surface area contributed by atoms with Crippen molar-refractivity contribution in [3.05, 3.63) is 75.3 Å². The van der Waals surface area contributed by atoms with E-state index >= 15 is 0 Å². The molecule has 20 heteroatoms. The third-order valence-corrected chi connectivity index (χ3v) is 16.7. The van der Waals surface area contributed by atoms with Crippen molar-refractivity contribution >= 4 is 69.6 Å². The molecule has 20 nitrogen and oxygen atoms in total. The Hall–Kier alpha value is -6.80. The molecule has 9 heterocycles. The van der Waals surface area contributed by atoms with E-state index in [4.69, 9.17) is 9.97 Å². The molecule has 1 aliphatic carbocycles. The third kappa shape index (κ3) is 9.54. The molecule has 3 aromatic heterocycles. The average Bonchev–Trinajstić information content (AvgIpc) is 4.02. The Morgan fingerprint density at radius 1 is 0.699 bits per heavy atom. The van der Waals surface area contributed by atoms with E-state index in [9.17, 15) is 33.6 Å². The second-order valence-corrected chi connectivity index (χ2v) is 21.0. The number of rotatable bonds is 10. The van der Waals surface area contributed by atoms with Gasteiger partial charge in [-0.15, -0.1) is 0 Å². The number of carbonyl (C=O) groups is 6. The molecule has 1 aromatic carbocycles. The van der Waals surface area contributed by atoms with Gasteiger partial charge in [-0.1, -0.05) is 12.8 Å². The number of ketones is 1. The summed E-state index contributed by atoms with van der Waals surface area (Å²) in [6.07, 6.45) is 11.5. The molecular formula is C53H65N13O7. The van der Waals surface area contributed by atoms with Crippen molar-refractivity contribution in [3.8, 4) is 0 Å². The molecule has 0 spiro atoms. The predicted octanol–water partition coefficient (Wildman–Crippen LogP) is 4.20. The van der Waals surface area contributed by atoms with Crippen molar-refractivity contribution in [2.24, 2.45) is 5.92 Å². The number of aryl methyl sites for hydroxylation is 1. The summed E-state index contributed by atoms with van der Waals surface area (Å²) in [5.41, 5.74) is 3.62. The van der Waals surface area contributed by atoms with Crippen molar-refractivity contribution in [1.82, 2.24) is 49.3 Å². The number of anilines is 4. The van der Waals surface area contributed by atoms with Crippen LogP contribution in [0.15, 0.2) is 47.5 Å². The Kier molecular flexibility index (Phi) is 13.4. The van der Waals surface area contributed by atoms with Crippen LogP contribution in [0.5, 0.6) is 0 Å². The van der Waals surface area contributed by atoms with Gasteiger partial charge in [0.2, 0.25) is 17.8 Å². The number of carbonyl (C=O) groups excluding carboxylic acids is 6. The number of pyridine rings is 2. The van der Waals surface area contributed by atoms with Crippen molar-refractivity contribution in [2.75, 3.05) is 100 Å². The molecular weight excluding hydrogens is 931 g/mol. The number of imide groups is 2. The molecule has 6 amide bonds. The number of amides is 6. The van der Waals surface area contributed by atoms with Gasteiger partial charge >= 0.3 is 6.03 Å². The molecule has 0 bridgehead atoms. The van der Waals surface area contributed by atoms with E-state index in [0.717, 1.165) is 153 Å². The molecule has 6 fully saturated rings. The molecule has 5 saturated heterocycles. The first-order valence-electron chi connectivity index (χ1n) is 26.4. The van der Waals surface area contributed by atoms with Crippen molar-refractivity contribution in [1.29, 1.82) is 0 Å². The van der Waals surface area contributed by atoms with Gasteiger partial charge in [0, 0.05) is 121 Å². The highest BCUT2D eigenvalue weighted by molar-refractivity contribution is 6.23. The zero-order valence-electron chi connectivity index (χ0n) is 41.9. The highest BCUT2D eigenvalue weighted by Crippen LogP contribution is 2.34. The van der Waals surface area contributed by atoms with E-state index in [1.807, 2.05) is 23.2 Å². The van der Waals surface area contributed by atoms with Crippen LogP contribution in [0.1, 0.15) is 114 Å². The molecule has 7 aliphatic rings. The second kappa shape index (κ2) is 20.2. The van der Waals surface area contributed by atoms with E-state index < -0.39 is 29.7 Å². The maximum absolute atomic E-state index is 13.7. The van der Waals surface area contributed by atoms with Crippen LogP contribution in [-0.4, -0.2) is 177 Å². The molecule has 1 atom stereocenters. The lowest BCUT2D eigenvalue weighted by Crippen LogP contribution is -2.55. The topological polar surface area (TPSA) is 210 Å². The summed E-state index contributed by atoms with van der Waals surface area (Å²) in [5, 5.41) is 6.20. The van der Waals surface area contributed by atoms with Gasteiger partial charge < -0.3 is 24.9 Å². The van der Waals surface area contributed by atoms with E-state index in [0.29, 0.717) is 45.9 Å². The summed E-state index contributed by atoms with van der Waals surface area (Å²) in [4.78, 5) is 120. The minimum absolute atomic E-state index is 0.00743. The molecule has 6 aliphatic heterocycles. The number of hydrogen-bond donors (Lipinski definition) is 2. The predicted molar refractivity (Wildman–Crippen MR) is 273 cm³/mol. The van der Waals surface area contributed by atoms with Crippen molar-refractivity contribution in [3.63, 3.8) is 0 Å². The van der Waals surface area contributed by atoms with Crippen molar-refractivity contribution < 1.29 is 28.8 Å². The summed E-state index contributed by atoms with van der Waals surface area (Å²) in [5.74, 6) is -0.722. The highest BCUT2D eigenvalue weighted by atomic mass is 16.2. The lowest BCUT2D eigenvalue weighted by atomic mass is 9.96. The van der Waals surface area contributed by atoms with Crippen LogP contribution in [0.25, 0.3) is 11.0 Å². The first-order valence-corrected chi connectivity index (χ1v) is 26.4. The number of urea groups is 1. The number of piperidine rings is 3. The molecule has 1 saturated carbocycles. The van der Waals surface area contributed by atoms with E-state index in [1.165, 1.54) is 6.92 Å². The molecule has 2 N–H and O–H groups in total. The van der Waals surface area contributed by atoms with Crippen LogP contribution >= 0.6 is 0 Å². The number of aromatic nitrogens is 4. The Bertz CT molecular complexity index is 2890. The largest absolute Gasteiger partial charge is 0.369 e. The van der Waals surface area contributed by atoms with Crippen LogP contribution in [0.4, 0.5) is 27.9 Å². The number of nitrogens with zero attached hydrogens (tertiary/aromatic N) is 11. The van der Waals surface area contributed by atoms with Gasteiger partial charge in [0.15, 0.2) is 5.78 Å². The van der Waals surface area contributed by atoms with Gasteiger partial charge in [-0.2, -0.15) is 4.98 Å². The fourth-order valence-corrected chi connectivity index (χ4v) is 12.6. The minimum Gasteiger partial charge on any atom is -0.369 e. The first-order chi connectivity index (χ1) is 35.4. The fraction of sp³-hybridized carbons (Fsp3) is 0.547. The van der Waals surface area contributed by atoms with Crippen LogP contribution in [0.3, 0.4) is 0 Å². The SMILES string of the molecule is CC(=O)c1c(C)c2cnc(Nc3ccc(N4CCN(CC5CCN(C(=O)N6CCC(N7CCN(c8ccc9c(c8)C(=O)N(C8CCC(=O)NC8=O)C9=O)CC7)CC6)CC5)CC4)cn3)nc2n(C2CCCC2)c1=O. The van der Waals surface area contributed by atoms with E-state index in [2.05, 4.69) is 46.2 Å². The lowest BCUT2D eigenvalue weighted by Gasteiger charge is -2.44. The molecule has 11 rings (SSSR count). The van der Waals surface area contributed by atoms with Gasteiger partial charge in [0.1, 0.15) is 17.5 Å². The summed E-state index contributed by atoms with van der Waals surface area (Å²) >= 11 is 0. The number of piperazine rings is 2. The summed E-state index contributed by atoms with van der Waals surface area (Å²) in [7, 11) is 0. The number of benzene rings is 1. The molecule has 0 radical (unpaired) electrons. The van der Waals surface area contributed by atoms with E-state index in [1.54, 1.807) is 29.8 Å².